The molecular weight excluding hydrogens is 210 g/mol. The van der Waals surface area contributed by atoms with Gasteiger partial charge in [-0.1, -0.05) is 24.6 Å². The standard InChI is InChI=1S/C11H14ClN3/c1-7(6-13)11-14-9-5-3-4-8(12)10(9)15(11)2/h3-5,7H,6,13H2,1-2H3. The predicted molar refractivity (Wildman–Crippen MR) is 63.2 cm³/mol. The second kappa shape index (κ2) is 3.83. The van der Waals surface area contributed by atoms with Gasteiger partial charge in [0.05, 0.1) is 16.1 Å². The van der Waals surface area contributed by atoms with Crippen molar-refractivity contribution >= 4 is 22.6 Å². The van der Waals surface area contributed by atoms with Crippen LogP contribution in [0.5, 0.6) is 0 Å². The van der Waals surface area contributed by atoms with Gasteiger partial charge in [-0.25, -0.2) is 4.98 Å². The van der Waals surface area contributed by atoms with Crippen LogP contribution in [0.4, 0.5) is 0 Å². The average Bonchev–Trinajstić information content (AvgIpc) is 2.56. The monoisotopic (exact) mass is 223 g/mol. The topological polar surface area (TPSA) is 43.8 Å². The molecule has 0 fully saturated rings. The Balaban J connectivity index is 2.70. The number of imidazole rings is 1. The second-order valence-electron chi connectivity index (χ2n) is 3.77. The number of fused-ring (bicyclic) bond motifs is 1. The van der Waals surface area contributed by atoms with Gasteiger partial charge in [-0.15, -0.1) is 0 Å². The summed E-state index contributed by atoms with van der Waals surface area (Å²) in [6.07, 6.45) is 0. The van der Waals surface area contributed by atoms with Crippen molar-refractivity contribution in [3.63, 3.8) is 0 Å². The third-order valence-electron chi connectivity index (χ3n) is 2.67. The smallest absolute Gasteiger partial charge is 0.113 e. The summed E-state index contributed by atoms with van der Waals surface area (Å²) < 4.78 is 2.02. The highest BCUT2D eigenvalue weighted by Crippen LogP contribution is 2.26. The van der Waals surface area contributed by atoms with Crippen LogP contribution >= 0.6 is 11.6 Å². The van der Waals surface area contributed by atoms with E-state index >= 15 is 0 Å². The molecule has 0 aliphatic rings. The first-order valence-electron chi connectivity index (χ1n) is 4.96. The molecule has 3 nitrogen and oxygen atoms in total. The van der Waals surface area contributed by atoms with Gasteiger partial charge in [-0.2, -0.15) is 0 Å². The Morgan fingerprint density at radius 3 is 2.87 bits per heavy atom. The summed E-state index contributed by atoms with van der Waals surface area (Å²) in [5.41, 5.74) is 7.56. The minimum atomic E-state index is 0.249. The van der Waals surface area contributed by atoms with Crippen molar-refractivity contribution in [3.8, 4) is 0 Å². The number of aromatic nitrogens is 2. The first-order valence-corrected chi connectivity index (χ1v) is 5.34. The van der Waals surface area contributed by atoms with Crippen molar-refractivity contribution in [3.05, 3.63) is 29.0 Å². The Labute approximate surface area is 93.9 Å². The first-order chi connectivity index (χ1) is 7.15. The number of benzene rings is 1. The van der Waals surface area contributed by atoms with Crippen LogP contribution in [-0.2, 0) is 7.05 Å². The molecule has 1 unspecified atom stereocenters. The summed E-state index contributed by atoms with van der Waals surface area (Å²) in [6.45, 7) is 2.66. The van der Waals surface area contributed by atoms with Crippen LogP contribution in [0.3, 0.4) is 0 Å². The minimum absolute atomic E-state index is 0.249. The Kier molecular flexibility index (Phi) is 2.67. The Morgan fingerprint density at radius 1 is 1.53 bits per heavy atom. The molecule has 0 saturated carbocycles. The fourth-order valence-electron chi connectivity index (χ4n) is 1.79. The van der Waals surface area contributed by atoms with Gasteiger partial charge < -0.3 is 10.3 Å². The molecule has 0 aliphatic carbocycles. The second-order valence-corrected chi connectivity index (χ2v) is 4.18. The molecule has 15 heavy (non-hydrogen) atoms. The lowest BCUT2D eigenvalue weighted by molar-refractivity contribution is 0.676. The van der Waals surface area contributed by atoms with Gasteiger partial charge in [0, 0.05) is 19.5 Å². The molecule has 1 aromatic carbocycles. The van der Waals surface area contributed by atoms with Crippen molar-refractivity contribution in [1.82, 2.24) is 9.55 Å². The zero-order valence-corrected chi connectivity index (χ0v) is 9.62. The normalized spacial score (nSPS) is 13.3. The molecule has 0 radical (unpaired) electrons. The number of hydrogen-bond acceptors (Lipinski definition) is 2. The minimum Gasteiger partial charge on any atom is -0.330 e. The maximum Gasteiger partial charge on any atom is 0.113 e. The Morgan fingerprint density at radius 2 is 2.27 bits per heavy atom. The van der Waals surface area contributed by atoms with E-state index in [2.05, 4.69) is 11.9 Å². The van der Waals surface area contributed by atoms with Crippen LogP contribution in [0.2, 0.25) is 5.02 Å². The summed E-state index contributed by atoms with van der Waals surface area (Å²) in [5, 5.41) is 0.734. The SMILES string of the molecule is CC(CN)c1nc2cccc(Cl)c2n1C. The lowest BCUT2D eigenvalue weighted by Crippen LogP contribution is -2.13. The summed E-state index contributed by atoms with van der Waals surface area (Å²) >= 11 is 6.13. The molecular formula is C11H14ClN3. The molecule has 2 rings (SSSR count). The van der Waals surface area contributed by atoms with E-state index in [1.807, 2.05) is 29.8 Å². The van der Waals surface area contributed by atoms with Crippen molar-refractivity contribution in [2.24, 2.45) is 12.8 Å². The third-order valence-corrected chi connectivity index (χ3v) is 2.98. The van der Waals surface area contributed by atoms with E-state index in [0.29, 0.717) is 6.54 Å². The van der Waals surface area contributed by atoms with Gasteiger partial charge in [0.25, 0.3) is 0 Å². The molecule has 1 aromatic heterocycles. The highest BCUT2D eigenvalue weighted by atomic mass is 35.5. The van der Waals surface area contributed by atoms with E-state index < -0.39 is 0 Å². The predicted octanol–water partition coefficient (Wildman–Crippen LogP) is 2.29. The van der Waals surface area contributed by atoms with Crippen LogP contribution < -0.4 is 5.73 Å². The van der Waals surface area contributed by atoms with Gasteiger partial charge in [-0.3, -0.25) is 0 Å². The fourth-order valence-corrected chi connectivity index (χ4v) is 2.08. The molecule has 4 heteroatoms. The number of halogens is 1. The lowest BCUT2D eigenvalue weighted by atomic mass is 10.2. The molecule has 0 saturated heterocycles. The molecule has 0 amide bonds. The number of para-hydroxylation sites is 1. The molecule has 0 aliphatic heterocycles. The summed E-state index contributed by atoms with van der Waals surface area (Å²) in [5.74, 6) is 1.24. The molecule has 2 aromatic rings. The maximum atomic E-state index is 6.13. The molecule has 0 spiro atoms. The first kappa shape index (κ1) is 10.5. The Bertz CT molecular complexity index is 490. The maximum absolute atomic E-state index is 6.13. The quantitative estimate of drug-likeness (QED) is 0.849. The number of nitrogens with zero attached hydrogens (tertiary/aromatic N) is 2. The van der Waals surface area contributed by atoms with Crippen LogP contribution in [0, 0.1) is 0 Å². The van der Waals surface area contributed by atoms with Crippen LogP contribution in [-0.4, -0.2) is 16.1 Å². The molecule has 1 atom stereocenters. The summed E-state index contributed by atoms with van der Waals surface area (Å²) in [4.78, 5) is 4.54. The van der Waals surface area contributed by atoms with E-state index in [0.717, 1.165) is 21.9 Å². The zero-order valence-electron chi connectivity index (χ0n) is 8.87. The molecule has 1 heterocycles. The van der Waals surface area contributed by atoms with Gasteiger partial charge in [-0.05, 0) is 12.1 Å². The third kappa shape index (κ3) is 1.62. The molecule has 0 bridgehead atoms. The fraction of sp³-hybridized carbons (Fsp3) is 0.364. The van der Waals surface area contributed by atoms with Gasteiger partial charge >= 0.3 is 0 Å². The van der Waals surface area contributed by atoms with Crippen LogP contribution in [0.15, 0.2) is 18.2 Å². The van der Waals surface area contributed by atoms with E-state index in [4.69, 9.17) is 17.3 Å². The molecule has 2 N–H and O–H groups in total. The van der Waals surface area contributed by atoms with Crippen molar-refractivity contribution in [2.75, 3.05) is 6.54 Å². The Hall–Kier alpha value is -1.06. The van der Waals surface area contributed by atoms with Crippen molar-refractivity contribution in [1.29, 1.82) is 0 Å². The zero-order chi connectivity index (χ0) is 11.0. The van der Waals surface area contributed by atoms with Gasteiger partial charge in [0.2, 0.25) is 0 Å². The van der Waals surface area contributed by atoms with Gasteiger partial charge in [0.1, 0.15) is 5.82 Å². The van der Waals surface area contributed by atoms with E-state index in [1.165, 1.54) is 0 Å². The largest absolute Gasteiger partial charge is 0.330 e. The lowest BCUT2D eigenvalue weighted by Gasteiger charge is -2.08. The van der Waals surface area contributed by atoms with Crippen molar-refractivity contribution in [2.45, 2.75) is 12.8 Å². The molecule has 80 valence electrons. The highest BCUT2D eigenvalue weighted by molar-refractivity contribution is 6.35. The van der Waals surface area contributed by atoms with E-state index in [1.54, 1.807) is 0 Å². The van der Waals surface area contributed by atoms with Crippen LogP contribution in [0.1, 0.15) is 18.7 Å². The van der Waals surface area contributed by atoms with Crippen LogP contribution in [0.25, 0.3) is 11.0 Å². The number of hydrogen-bond donors (Lipinski definition) is 1. The summed E-state index contributed by atoms with van der Waals surface area (Å²) in [7, 11) is 1.97. The highest BCUT2D eigenvalue weighted by Gasteiger charge is 2.14. The number of rotatable bonds is 2. The van der Waals surface area contributed by atoms with E-state index in [-0.39, 0.29) is 5.92 Å². The van der Waals surface area contributed by atoms with Crippen molar-refractivity contribution < 1.29 is 0 Å². The number of aryl methyl sites for hydroxylation is 1. The summed E-state index contributed by atoms with van der Waals surface area (Å²) in [6, 6.07) is 5.75. The number of nitrogens with two attached hydrogens (primary N) is 1. The van der Waals surface area contributed by atoms with Gasteiger partial charge in [0.15, 0.2) is 0 Å². The van der Waals surface area contributed by atoms with E-state index in [9.17, 15) is 0 Å². The average molecular weight is 224 g/mol.